The number of nitrogens with zero attached hydrogens (tertiary/aromatic N) is 2. The van der Waals surface area contributed by atoms with E-state index in [0.29, 0.717) is 5.71 Å². The van der Waals surface area contributed by atoms with E-state index in [-0.39, 0.29) is 10.8 Å². The smallest absolute Gasteiger partial charge is 0.331 e. The number of oxime groups is 1. The highest BCUT2D eigenvalue weighted by molar-refractivity contribution is 6.00. The summed E-state index contributed by atoms with van der Waals surface area (Å²) in [5.74, 6) is -0.414. The van der Waals surface area contributed by atoms with Crippen LogP contribution in [-0.2, 0) is 20.5 Å². The van der Waals surface area contributed by atoms with Gasteiger partial charge in [-0.25, -0.2) is 4.79 Å². The molecule has 4 heteroatoms. The van der Waals surface area contributed by atoms with Crippen LogP contribution in [0.3, 0.4) is 0 Å². The van der Waals surface area contributed by atoms with Gasteiger partial charge in [0.1, 0.15) is 0 Å². The van der Waals surface area contributed by atoms with Gasteiger partial charge in [-0.2, -0.15) is 0 Å². The van der Waals surface area contributed by atoms with Crippen molar-refractivity contribution in [2.75, 3.05) is 11.4 Å². The highest BCUT2D eigenvalue weighted by atomic mass is 16.7. The molecule has 1 aliphatic heterocycles. The Kier molecular flexibility index (Phi) is 5.82. The molecule has 0 saturated carbocycles. The minimum atomic E-state index is -0.414. The van der Waals surface area contributed by atoms with Crippen LogP contribution in [-0.4, -0.2) is 18.2 Å². The van der Waals surface area contributed by atoms with E-state index in [1.807, 2.05) is 6.92 Å². The topological polar surface area (TPSA) is 41.9 Å². The molecule has 3 aromatic rings. The zero-order chi connectivity index (χ0) is 25.8. The Morgan fingerprint density at radius 3 is 2.19 bits per heavy atom. The van der Waals surface area contributed by atoms with Crippen LogP contribution in [0.4, 0.5) is 11.4 Å². The van der Waals surface area contributed by atoms with Gasteiger partial charge in [0.05, 0.1) is 5.71 Å². The summed E-state index contributed by atoms with van der Waals surface area (Å²) in [6.07, 6.45) is 2.17. The molecule has 2 aliphatic rings. The molecule has 186 valence electrons. The standard InChI is InChI=1S/C32H36N2O2/c1-8-32(9-2)25-14-12-11-13-23(25)24-18-28-30(19-26(24)32)34(10-3)29-16-15-22(17-27(29)31(28,6)7)20(4)33-36-21(5)35/h11-19H,8-10H2,1-7H3/b33-20+. The molecule has 1 aliphatic carbocycles. The Balaban J connectivity index is 1.73. The molecule has 0 amide bonds. The Labute approximate surface area is 215 Å². The van der Waals surface area contributed by atoms with E-state index in [4.69, 9.17) is 4.84 Å². The molecule has 0 spiro atoms. The zero-order valence-corrected chi connectivity index (χ0v) is 22.5. The average Bonchev–Trinajstić information content (AvgIpc) is 3.16. The van der Waals surface area contributed by atoms with Crippen molar-refractivity contribution in [3.05, 3.63) is 82.4 Å². The van der Waals surface area contributed by atoms with Gasteiger partial charge >= 0.3 is 5.97 Å². The van der Waals surface area contributed by atoms with Gasteiger partial charge in [-0.05, 0) is 89.9 Å². The van der Waals surface area contributed by atoms with Gasteiger partial charge in [0.15, 0.2) is 0 Å². The van der Waals surface area contributed by atoms with Crippen LogP contribution >= 0.6 is 0 Å². The molecule has 3 aromatic carbocycles. The van der Waals surface area contributed by atoms with E-state index < -0.39 is 5.97 Å². The molecular formula is C32H36N2O2. The number of hydrogen-bond acceptors (Lipinski definition) is 4. The summed E-state index contributed by atoms with van der Waals surface area (Å²) in [6, 6.07) is 20.4. The molecule has 0 atom stereocenters. The van der Waals surface area contributed by atoms with Gasteiger partial charge in [-0.15, -0.1) is 0 Å². The second-order valence-electron chi connectivity index (χ2n) is 10.6. The number of anilines is 2. The number of hydrogen-bond donors (Lipinski definition) is 0. The highest BCUT2D eigenvalue weighted by Crippen LogP contribution is 2.57. The van der Waals surface area contributed by atoms with Crippen molar-refractivity contribution in [2.45, 2.75) is 72.1 Å². The molecule has 36 heavy (non-hydrogen) atoms. The lowest BCUT2D eigenvalue weighted by Gasteiger charge is -2.43. The largest absolute Gasteiger partial charge is 0.341 e. The molecule has 4 nitrogen and oxygen atoms in total. The van der Waals surface area contributed by atoms with Crippen LogP contribution < -0.4 is 4.90 Å². The average molecular weight is 481 g/mol. The summed E-state index contributed by atoms with van der Waals surface area (Å²) in [6.45, 7) is 15.6. The van der Waals surface area contributed by atoms with Crippen LogP contribution in [0.25, 0.3) is 11.1 Å². The summed E-state index contributed by atoms with van der Waals surface area (Å²) in [5.41, 5.74) is 12.3. The monoisotopic (exact) mass is 480 g/mol. The third-order valence-electron chi connectivity index (χ3n) is 8.56. The molecule has 0 bridgehead atoms. The fourth-order valence-corrected chi connectivity index (χ4v) is 6.52. The first-order valence-electron chi connectivity index (χ1n) is 13.1. The van der Waals surface area contributed by atoms with Crippen molar-refractivity contribution in [1.29, 1.82) is 0 Å². The molecule has 5 rings (SSSR count). The summed E-state index contributed by atoms with van der Waals surface area (Å²) >= 11 is 0. The van der Waals surface area contributed by atoms with Gasteiger partial charge in [-0.3, -0.25) is 0 Å². The lowest BCUT2D eigenvalue weighted by molar-refractivity contribution is -0.140. The van der Waals surface area contributed by atoms with Gasteiger partial charge in [0, 0.05) is 35.7 Å². The third kappa shape index (κ3) is 3.34. The van der Waals surface area contributed by atoms with Gasteiger partial charge < -0.3 is 9.74 Å². The van der Waals surface area contributed by atoms with E-state index >= 15 is 0 Å². The van der Waals surface area contributed by atoms with Gasteiger partial charge in [-0.1, -0.05) is 63.2 Å². The van der Waals surface area contributed by atoms with E-state index in [0.717, 1.165) is 24.9 Å². The van der Waals surface area contributed by atoms with Gasteiger partial charge in [0.2, 0.25) is 0 Å². The van der Waals surface area contributed by atoms with E-state index in [1.165, 1.54) is 51.7 Å². The van der Waals surface area contributed by atoms with Crippen molar-refractivity contribution >= 4 is 23.1 Å². The SMILES string of the molecule is CCN1c2ccc(/C(C)=N/OC(C)=O)cc2C(C)(C)c2cc3c(cc21)C(CC)(CC)c1ccccc1-3. The van der Waals surface area contributed by atoms with Crippen LogP contribution in [0, 0.1) is 0 Å². The van der Waals surface area contributed by atoms with E-state index in [9.17, 15) is 4.79 Å². The molecular weight excluding hydrogens is 444 g/mol. The predicted octanol–water partition coefficient (Wildman–Crippen LogP) is 7.86. The Hall–Kier alpha value is -3.40. The molecule has 0 saturated heterocycles. The Morgan fingerprint density at radius 1 is 0.833 bits per heavy atom. The van der Waals surface area contributed by atoms with Crippen molar-refractivity contribution in [2.24, 2.45) is 5.16 Å². The first-order valence-corrected chi connectivity index (χ1v) is 13.1. The summed E-state index contributed by atoms with van der Waals surface area (Å²) in [5, 5.41) is 4.03. The first-order chi connectivity index (χ1) is 17.2. The molecule has 0 aromatic heterocycles. The normalized spacial score (nSPS) is 16.6. The molecule has 0 N–H and O–H groups in total. The second kappa shape index (κ2) is 8.62. The quantitative estimate of drug-likeness (QED) is 0.212. The van der Waals surface area contributed by atoms with Gasteiger partial charge in [0.25, 0.3) is 0 Å². The fraction of sp³-hybridized carbons (Fsp3) is 0.375. The number of benzene rings is 3. The van der Waals surface area contributed by atoms with E-state index in [1.54, 1.807) is 0 Å². The maximum Gasteiger partial charge on any atom is 0.331 e. The van der Waals surface area contributed by atoms with Crippen LogP contribution in [0.5, 0.6) is 0 Å². The number of rotatable bonds is 5. The molecule has 1 heterocycles. The van der Waals surface area contributed by atoms with Crippen molar-refractivity contribution < 1.29 is 9.63 Å². The maximum atomic E-state index is 11.3. The summed E-state index contributed by atoms with van der Waals surface area (Å²) in [4.78, 5) is 18.6. The number of fused-ring (bicyclic) bond motifs is 5. The minimum absolute atomic E-state index is 0.0545. The molecule has 0 unspecified atom stereocenters. The maximum absolute atomic E-state index is 11.3. The fourth-order valence-electron chi connectivity index (χ4n) is 6.52. The Bertz CT molecular complexity index is 1400. The lowest BCUT2D eigenvalue weighted by Crippen LogP contribution is -2.34. The number of carbonyl (C=O) groups excluding carboxylic acids is 1. The summed E-state index contributed by atoms with van der Waals surface area (Å²) in [7, 11) is 0. The van der Waals surface area contributed by atoms with Crippen molar-refractivity contribution in [3.63, 3.8) is 0 Å². The second-order valence-corrected chi connectivity index (χ2v) is 10.6. The van der Waals surface area contributed by atoms with Crippen LogP contribution in [0.15, 0.2) is 59.8 Å². The van der Waals surface area contributed by atoms with Crippen molar-refractivity contribution in [1.82, 2.24) is 0 Å². The Morgan fingerprint density at radius 2 is 1.53 bits per heavy atom. The first kappa shape index (κ1) is 24.3. The highest BCUT2D eigenvalue weighted by Gasteiger charge is 2.44. The lowest BCUT2D eigenvalue weighted by atomic mass is 9.70. The molecule has 0 radical (unpaired) electrons. The summed E-state index contributed by atoms with van der Waals surface area (Å²) < 4.78 is 0. The zero-order valence-electron chi connectivity index (χ0n) is 22.5. The molecule has 0 fully saturated rings. The van der Waals surface area contributed by atoms with Crippen LogP contribution in [0.2, 0.25) is 0 Å². The van der Waals surface area contributed by atoms with Crippen LogP contribution in [0.1, 0.15) is 89.1 Å². The third-order valence-corrected chi connectivity index (χ3v) is 8.56. The predicted molar refractivity (Wildman–Crippen MR) is 148 cm³/mol. The number of carbonyl (C=O) groups is 1. The van der Waals surface area contributed by atoms with Crippen molar-refractivity contribution in [3.8, 4) is 11.1 Å². The minimum Gasteiger partial charge on any atom is -0.341 e. The van der Waals surface area contributed by atoms with E-state index in [2.05, 4.69) is 99.3 Å².